The first-order chi connectivity index (χ1) is 11.0. The van der Waals surface area contributed by atoms with Gasteiger partial charge in [0.25, 0.3) is 0 Å². The molecule has 4 nitrogen and oxygen atoms in total. The van der Waals surface area contributed by atoms with Crippen molar-refractivity contribution in [3.8, 4) is 0 Å². The Hall–Kier alpha value is -1.85. The summed E-state index contributed by atoms with van der Waals surface area (Å²) < 4.78 is 15.3. The van der Waals surface area contributed by atoms with Crippen LogP contribution in [0.4, 0.5) is 10.1 Å². The molecule has 1 N–H and O–H groups in total. The second kappa shape index (κ2) is 6.72. The summed E-state index contributed by atoms with van der Waals surface area (Å²) in [6, 6.07) is 8.57. The van der Waals surface area contributed by atoms with Crippen LogP contribution in [0.2, 0.25) is 5.02 Å². The Labute approximate surface area is 139 Å². The van der Waals surface area contributed by atoms with E-state index in [0.29, 0.717) is 12.2 Å². The molecule has 0 bridgehead atoms. The number of anilines is 1. The molecule has 1 aromatic carbocycles. The van der Waals surface area contributed by atoms with Crippen molar-refractivity contribution >= 4 is 23.2 Å². The lowest BCUT2D eigenvalue weighted by molar-refractivity contribution is -0.117. The van der Waals surface area contributed by atoms with E-state index in [1.54, 1.807) is 0 Å². The van der Waals surface area contributed by atoms with Gasteiger partial charge in [-0.25, -0.2) is 4.39 Å². The highest BCUT2D eigenvalue weighted by atomic mass is 35.5. The van der Waals surface area contributed by atoms with Crippen LogP contribution < -0.4 is 5.32 Å². The van der Waals surface area contributed by atoms with Gasteiger partial charge in [0.15, 0.2) is 0 Å². The number of halogens is 2. The first-order valence-corrected chi connectivity index (χ1v) is 8.02. The third-order valence-corrected chi connectivity index (χ3v) is 4.53. The number of rotatable bonds is 4. The predicted octanol–water partition coefficient (Wildman–Crippen LogP) is 3.59. The van der Waals surface area contributed by atoms with Gasteiger partial charge in [-0.2, -0.15) is 0 Å². The molecule has 23 heavy (non-hydrogen) atoms. The van der Waals surface area contributed by atoms with Gasteiger partial charge >= 0.3 is 0 Å². The molecule has 2 aromatic rings. The van der Waals surface area contributed by atoms with Gasteiger partial charge in [0.1, 0.15) is 5.82 Å². The van der Waals surface area contributed by atoms with Crippen molar-refractivity contribution in [3.63, 3.8) is 0 Å². The fourth-order valence-corrected chi connectivity index (χ4v) is 3.31. The molecule has 1 aliphatic heterocycles. The number of aromatic nitrogens is 1. The molecule has 122 valence electrons. The second-order valence-electron chi connectivity index (χ2n) is 5.85. The number of hydrogen-bond acceptors (Lipinski definition) is 2. The zero-order valence-corrected chi connectivity index (χ0v) is 13.7. The molecule has 1 saturated heterocycles. The van der Waals surface area contributed by atoms with E-state index in [4.69, 9.17) is 11.6 Å². The molecule has 0 aliphatic carbocycles. The quantitative estimate of drug-likeness (QED) is 0.927. The van der Waals surface area contributed by atoms with E-state index in [1.807, 2.05) is 19.3 Å². The van der Waals surface area contributed by atoms with Crippen molar-refractivity contribution in [3.05, 3.63) is 53.1 Å². The number of amides is 1. The van der Waals surface area contributed by atoms with Crippen molar-refractivity contribution in [1.82, 2.24) is 9.47 Å². The minimum Gasteiger partial charge on any atom is -0.353 e. The van der Waals surface area contributed by atoms with Gasteiger partial charge in [0.2, 0.25) is 5.91 Å². The standard InChI is InChI=1S/C17H19ClFN3O/c1-21-8-2-4-15(21)16-5-3-9-22(16)11-17(23)20-12-6-7-14(19)13(18)10-12/h2,4,6-8,10,16H,3,5,9,11H2,1H3,(H,20,23)/t16-/m1/s1. The Balaban J connectivity index is 1.65. The molecule has 1 aromatic heterocycles. The molecule has 3 rings (SSSR count). The van der Waals surface area contributed by atoms with E-state index in [9.17, 15) is 9.18 Å². The van der Waals surface area contributed by atoms with Crippen LogP contribution in [0.5, 0.6) is 0 Å². The summed E-state index contributed by atoms with van der Waals surface area (Å²) >= 11 is 5.74. The van der Waals surface area contributed by atoms with Gasteiger partial charge in [-0.3, -0.25) is 9.69 Å². The lowest BCUT2D eigenvalue weighted by atomic mass is 10.1. The SMILES string of the molecule is Cn1cccc1[C@H]1CCCN1CC(=O)Nc1ccc(F)c(Cl)c1. The second-order valence-corrected chi connectivity index (χ2v) is 6.26. The van der Waals surface area contributed by atoms with Crippen LogP contribution in [-0.4, -0.2) is 28.5 Å². The molecule has 0 radical (unpaired) electrons. The Morgan fingerprint density at radius 3 is 2.96 bits per heavy atom. The average molecular weight is 336 g/mol. The van der Waals surface area contributed by atoms with Crippen LogP contribution in [0, 0.1) is 5.82 Å². The van der Waals surface area contributed by atoms with E-state index in [2.05, 4.69) is 20.9 Å². The van der Waals surface area contributed by atoms with Crippen LogP contribution in [0.3, 0.4) is 0 Å². The van der Waals surface area contributed by atoms with Gasteiger partial charge in [-0.05, 0) is 49.7 Å². The Morgan fingerprint density at radius 1 is 1.43 bits per heavy atom. The molecular weight excluding hydrogens is 317 g/mol. The topological polar surface area (TPSA) is 37.3 Å². The van der Waals surface area contributed by atoms with Gasteiger partial charge < -0.3 is 9.88 Å². The van der Waals surface area contributed by atoms with Crippen molar-refractivity contribution < 1.29 is 9.18 Å². The van der Waals surface area contributed by atoms with Crippen LogP contribution >= 0.6 is 11.6 Å². The molecule has 2 heterocycles. The van der Waals surface area contributed by atoms with Crippen LogP contribution in [0.25, 0.3) is 0 Å². The van der Waals surface area contributed by atoms with Crippen molar-refractivity contribution in [2.75, 3.05) is 18.4 Å². The van der Waals surface area contributed by atoms with Crippen molar-refractivity contribution in [2.45, 2.75) is 18.9 Å². The highest BCUT2D eigenvalue weighted by molar-refractivity contribution is 6.31. The van der Waals surface area contributed by atoms with E-state index >= 15 is 0 Å². The summed E-state index contributed by atoms with van der Waals surface area (Å²) in [5.41, 5.74) is 1.73. The number of carbonyl (C=O) groups is 1. The maximum Gasteiger partial charge on any atom is 0.238 e. The Bertz CT molecular complexity index is 716. The van der Waals surface area contributed by atoms with Crippen molar-refractivity contribution in [2.24, 2.45) is 7.05 Å². The summed E-state index contributed by atoms with van der Waals surface area (Å²) in [6.45, 7) is 1.21. The van der Waals surface area contributed by atoms with Gasteiger partial charge in [0.05, 0.1) is 17.6 Å². The van der Waals surface area contributed by atoms with E-state index in [-0.39, 0.29) is 17.0 Å². The minimum absolute atomic E-state index is 0.00524. The fraction of sp³-hybridized carbons (Fsp3) is 0.353. The highest BCUT2D eigenvalue weighted by Crippen LogP contribution is 2.31. The molecule has 0 saturated carbocycles. The molecule has 1 amide bonds. The summed E-state index contributed by atoms with van der Waals surface area (Å²) in [7, 11) is 2.02. The summed E-state index contributed by atoms with van der Waals surface area (Å²) in [4.78, 5) is 14.4. The molecular formula is C17H19ClFN3O. The Kier molecular flexibility index (Phi) is 4.68. The molecule has 0 spiro atoms. The number of nitrogens with one attached hydrogen (secondary N) is 1. The van der Waals surface area contributed by atoms with Gasteiger partial charge in [-0.1, -0.05) is 11.6 Å². The van der Waals surface area contributed by atoms with Crippen LogP contribution in [0.15, 0.2) is 36.5 Å². The number of benzene rings is 1. The maximum absolute atomic E-state index is 13.2. The normalized spacial score (nSPS) is 18.3. The lowest BCUT2D eigenvalue weighted by Crippen LogP contribution is -2.33. The minimum atomic E-state index is -0.493. The lowest BCUT2D eigenvalue weighted by Gasteiger charge is -2.24. The first kappa shape index (κ1) is 16.0. The smallest absolute Gasteiger partial charge is 0.238 e. The predicted molar refractivity (Wildman–Crippen MR) is 89.0 cm³/mol. The fourth-order valence-electron chi connectivity index (χ4n) is 3.13. The zero-order chi connectivity index (χ0) is 16.4. The average Bonchev–Trinajstić information content (AvgIpc) is 3.11. The van der Waals surface area contributed by atoms with E-state index in [1.165, 1.54) is 23.9 Å². The number of nitrogens with zero attached hydrogens (tertiary/aromatic N) is 2. The third-order valence-electron chi connectivity index (χ3n) is 4.24. The number of carbonyl (C=O) groups excluding carboxylic acids is 1. The summed E-state index contributed by atoms with van der Waals surface area (Å²) in [6.07, 6.45) is 4.14. The first-order valence-electron chi connectivity index (χ1n) is 7.65. The van der Waals surface area contributed by atoms with Gasteiger partial charge in [0, 0.05) is 24.6 Å². The van der Waals surface area contributed by atoms with Crippen molar-refractivity contribution in [1.29, 1.82) is 0 Å². The molecule has 0 unspecified atom stereocenters. The third kappa shape index (κ3) is 3.57. The molecule has 1 fully saturated rings. The monoisotopic (exact) mass is 335 g/mol. The molecule has 6 heteroatoms. The Morgan fingerprint density at radius 2 is 2.26 bits per heavy atom. The summed E-state index contributed by atoms with van der Waals surface area (Å²) in [5, 5.41) is 2.78. The zero-order valence-electron chi connectivity index (χ0n) is 12.9. The largest absolute Gasteiger partial charge is 0.353 e. The highest BCUT2D eigenvalue weighted by Gasteiger charge is 2.28. The molecule has 1 atom stereocenters. The number of likely N-dealkylation sites (tertiary alicyclic amines) is 1. The van der Waals surface area contributed by atoms with Crippen LogP contribution in [-0.2, 0) is 11.8 Å². The number of hydrogen-bond donors (Lipinski definition) is 1. The molecule has 1 aliphatic rings. The summed E-state index contributed by atoms with van der Waals surface area (Å²) in [5.74, 6) is -0.609. The van der Waals surface area contributed by atoms with E-state index in [0.717, 1.165) is 19.4 Å². The number of aryl methyl sites for hydroxylation is 1. The van der Waals surface area contributed by atoms with E-state index < -0.39 is 5.82 Å². The van der Waals surface area contributed by atoms with Crippen LogP contribution in [0.1, 0.15) is 24.6 Å². The maximum atomic E-state index is 13.2. The van der Waals surface area contributed by atoms with Gasteiger partial charge in [-0.15, -0.1) is 0 Å².